The lowest BCUT2D eigenvalue weighted by molar-refractivity contribution is 0.305. The highest BCUT2D eigenvalue weighted by Gasteiger charge is 2.16. The number of ether oxygens (including phenoxy) is 1. The van der Waals surface area contributed by atoms with Crippen molar-refractivity contribution < 1.29 is 4.74 Å². The quantitative estimate of drug-likeness (QED) is 0.915. The highest BCUT2D eigenvalue weighted by molar-refractivity contribution is 5.39. The Hall–Kier alpha value is -1.80. The van der Waals surface area contributed by atoms with E-state index in [9.17, 15) is 0 Å². The molecular weight excluding hydrogens is 246 g/mol. The van der Waals surface area contributed by atoms with Crippen LogP contribution >= 0.6 is 0 Å². The summed E-state index contributed by atoms with van der Waals surface area (Å²) in [5.41, 5.74) is 11.3. The van der Waals surface area contributed by atoms with Crippen LogP contribution in [0.1, 0.15) is 41.1 Å². The predicted octanol–water partition coefficient (Wildman–Crippen LogP) is 3.91. The molecule has 0 heterocycles. The first kappa shape index (κ1) is 13.2. The van der Waals surface area contributed by atoms with Crippen molar-refractivity contribution in [2.75, 3.05) is 0 Å². The van der Waals surface area contributed by atoms with E-state index in [-0.39, 0.29) is 6.04 Å². The van der Waals surface area contributed by atoms with Gasteiger partial charge < -0.3 is 10.5 Å². The van der Waals surface area contributed by atoms with Crippen LogP contribution in [0, 0.1) is 6.92 Å². The van der Waals surface area contributed by atoms with Crippen molar-refractivity contribution in [2.45, 2.75) is 38.8 Å². The summed E-state index contributed by atoms with van der Waals surface area (Å²) in [5, 5.41) is 0. The van der Waals surface area contributed by atoms with Crippen molar-refractivity contribution in [1.82, 2.24) is 0 Å². The molecule has 1 aliphatic carbocycles. The molecule has 1 unspecified atom stereocenters. The van der Waals surface area contributed by atoms with Gasteiger partial charge in [-0.15, -0.1) is 0 Å². The van der Waals surface area contributed by atoms with E-state index in [2.05, 4.69) is 43.3 Å². The molecule has 2 nitrogen and oxygen atoms in total. The van der Waals surface area contributed by atoms with Gasteiger partial charge in [0.05, 0.1) is 0 Å². The van der Waals surface area contributed by atoms with Gasteiger partial charge in [0.15, 0.2) is 0 Å². The highest BCUT2D eigenvalue weighted by atomic mass is 16.5. The normalized spacial score (nSPS) is 17.6. The second-order valence-electron chi connectivity index (χ2n) is 5.64. The van der Waals surface area contributed by atoms with Gasteiger partial charge in [-0.25, -0.2) is 0 Å². The first-order valence-electron chi connectivity index (χ1n) is 7.29. The minimum Gasteiger partial charge on any atom is -0.489 e. The first-order valence-corrected chi connectivity index (χ1v) is 7.29. The molecule has 20 heavy (non-hydrogen) atoms. The smallest absolute Gasteiger partial charge is 0.120 e. The highest BCUT2D eigenvalue weighted by Crippen LogP contribution is 2.30. The van der Waals surface area contributed by atoms with Gasteiger partial charge in [-0.05, 0) is 55.0 Å². The molecule has 2 heteroatoms. The Labute approximate surface area is 120 Å². The fourth-order valence-corrected chi connectivity index (χ4v) is 2.89. The lowest BCUT2D eigenvalue weighted by atomic mass is 9.88. The number of hydrogen-bond donors (Lipinski definition) is 1. The molecule has 104 valence electrons. The number of hydrogen-bond acceptors (Lipinski definition) is 2. The van der Waals surface area contributed by atoms with Gasteiger partial charge >= 0.3 is 0 Å². The van der Waals surface area contributed by atoms with Gasteiger partial charge in [-0.3, -0.25) is 0 Å². The van der Waals surface area contributed by atoms with Crippen LogP contribution in [0.15, 0.2) is 42.5 Å². The lowest BCUT2D eigenvalue weighted by Crippen LogP contribution is -2.17. The topological polar surface area (TPSA) is 35.2 Å². The summed E-state index contributed by atoms with van der Waals surface area (Å²) in [6.45, 7) is 2.72. The van der Waals surface area contributed by atoms with Crippen molar-refractivity contribution in [2.24, 2.45) is 5.73 Å². The zero-order valence-corrected chi connectivity index (χ0v) is 11.9. The lowest BCUT2D eigenvalue weighted by Gasteiger charge is -2.22. The molecule has 0 radical (unpaired) electrons. The third-order valence-corrected chi connectivity index (χ3v) is 3.96. The van der Waals surface area contributed by atoms with Crippen molar-refractivity contribution in [1.29, 1.82) is 0 Å². The summed E-state index contributed by atoms with van der Waals surface area (Å²) in [6, 6.07) is 15.0. The Bertz CT molecular complexity index is 606. The molecular formula is C18H21NO. The van der Waals surface area contributed by atoms with Crippen LogP contribution in [0.4, 0.5) is 0 Å². The summed E-state index contributed by atoms with van der Waals surface area (Å²) in [7, 11) is 0. The molecule has 0 bridgehead atoms. The average Bonchev–Trinajstić information content (AvgIpc) is 2.45. The van der Waals surface area contributed by atoms with Crippen LogP contribution in [0.3, 0.4) is 0 Å². The third kappa shape index (κ3) is 2.86. The van der Waals surface area contributed by atoms with Gasteiger partial charge in [-0.1, -0.05) is 35.9 Å². The van der Waals surface area contributed by atoms with E-state index in [1.807, 2.05) is 6.07 Å². The van der Waals surface area contributed by atoms with Gasteiger partial charge in [0.1, 0.15) is 12.4 Å². The molecule has 3 rings (SSSR count). The molecule has 2 N–H and O–H groups in total. The van der Waals surface area contributed by atoms with Crippen molar-refractivity contribution in [3.63, 3.8) is 0 Å². The number of aryl methyl sites for hydroxylation is 2. The van der Waals surface area contributed by atoms with Crippen LogP contribution in [-0.2, 0) is 13.0 Å². The molecule has 1 aliphatic rings. The molecule has 0 aromatic heterocycles. The van der Waals surface area contributed by atoms with Gasteiger partial charge in [0.2, 0.25) is 0 Å². The average molecular weight is 267 g/mol. The molecule has 0 fully saturated rings. The Morgan fingerprint density at radius 3 is 2.95 bits per heavy atom. The molecule has 2 aromatic rings. The van der Waals surface area contributed by atoms with Crippen LogP contribution < -0.4 is 10.5 Å². The molecule has 0 saturated heterocycles. The second-order valence-corrected chi connectivity index (χ2v) is 5.64. The summed E-state index contributed by atoms with van der Waals surface area (Å²) < 4.78 is 5.91. The number of nitrogens with two attached hydrogens (primary N) is 1. The van der Waals surface area contributed by atoms with Crippen LogP contribution in [0.25, 0.3) is 0 Å². The Morgan fingerprint density at radius 1 is 1.20 bits per heavy atom. The SMILES string of the molecule is Cc1cccc(COc2ccc3c(c2)CCCC3N)c1. The van der Waals surface area contributed by atoms with E-state index in [0.29, 0.717) is 6.61 Å². The Balaban J connectivity index is 1.72. The maximum atomic E-state index is 6.14. The summed E-state index contributed by atoms with van der Waals surface area (Å²) in [4.78, 5) is 0. The fourth-order valence-electron chi connectivity index (χ4n) is 2.89. The monoisotopic (exact) mass is 267 g/mol. The molecule has 0 spiro atoms. The zero-order valence-electron chi connectivity index (χ0n) is 11.9. The standard InChI is InChI=1S/C18H21NO/c1-13-4-2-5-14(10-13)12-20-16-8-9-17-15(11-16)6-3-7-18(17)19/h2,4-5,8-11,18H,3,6-7,12,19H2,1H3. The molecule has 0 saturated carbocycles. The number of benzene rings is 2. The van der Waals surface area contributed by atoms with E-state index >= 15 is 0 Å². The van der Waals surface area contributed by atoms with Gasteiger partial charge in [0.25, 0.3) is 0 Å². The van der Waals surface area contributed by atoms with Crippen LogP contribution in [-0.4, -0.2) is 0 Å². The first-order chi connectivity index (χ1) is 9.72. The van der Waals surface area contributed by atoms with Crippen molar-refractivity contribution in [3.05, 3.63) is 64.7 Å². The van der Waals surface area contributed by atoms with Crippen LogP contribution in [0.2, 0.25) is 0 Å². The fraction of sp³-hybridized carbons (Fsp3) is 0.333. The molecule has 0 aliphatic heterocycles. The Kier molecular flexibility index (Phi) is 3.75. The van der Waals surface area contributed by atoms with E-state index in [1.165, 1.54) is 28.7 Å². The third-order valence-electron chi connectivity index (χ3n) is 3.96. The largest absolute Gasteiger partial charge is 0.489 e. The number of fused-ring (bicyclic) bond motifs is 1. The van der Waals surface area contributed by atoms with Gasteiger partial charge in [-0.2, -0.15) is 0 Å². The zero-order chi connectivity index (χ0) is 13.9. The van der Waals surface area contributed by atoms with Gasteiger partial charge in [0, 0.05) is 6.04 Å². The summed E-state index contributed by atoms with van der Waals surface area (Å²) in [5.74, 6) is 0.944. The predicted molar refractivity (Wildman–Crippen MR) is 81.8 cm³/mol. The summed E-state index contributed by atoms with van der Waals surface area (Å²) >= 11 is 0. The second kappa shape index (κ2) is 5.68. The molecule has 2 aromatic carbocycles. The molecule has 1 atom stereocenters. The van der Waals surface area contributed by atoms with Crippen molar-refractivity contribution in [3.8, 4) is 5.75 Å². The van der Waals surface area contributed by atoms with E-state index in [0.717, 1.165) is 18.6 Å². The summed E-state index contributed by atoms with van der Waals surface area (Å²) in [6.07, 6.45) is 3.39. The van der Waals surface area contributed by atoms with E-state index in [4.69, 9.17) is 10.5 Å². The number of rotatable bonds is 3. The Morgan fingerprint density at radius 2 is 2.10 bits per heavy atom. The maximum Gasteiger partial charge on any atom is 0.120 e. The molecule has 0 amide bonds. The van der Waals surface area contributed by atoms with Crippen molar-refractivity contribution >= 4 is 0 Å². The minimum absolute atomic E-state index is 0.199. The van der Waals surface area contributed by atoms with Crippen LogP contribution in [0.5, 0.6) is 5.75 Å². The van der Waals surface area contributed by atoms with E-state index in [1.54, 1.807) is 0 Å². The maximum absolute atomic E-state index is 6.14. The minimum atomic E-state index is 0.199. The van der Waals surface area contributed by atoms with E-state index < -0.39 is 0 Å².